The molecule has 1 spiro atoms. The Bertz CT molecular complexity index is 965. The summed E-state index contributed by atoms with van der Waals surface area (Å²) in [5, 5.41) is 4.98. The van der Waals surface area contributed by atoms with Crippen LogP contribution in [0.4, 0.5) is 9.59 Å². The van der Waals surface area contributed by atoms with Gasteiger partial charge in [0.1, 0.15) is 12.1 Å². The zero-order chi connectivity index (χ0) is 20.0. The third-order valence-electron chi connectivity index (χ3n) is 6.23. The molecule has 3 aliphatic rings. The maximum Gasteiger partial charge on any atom is 0.409 e. The number of hydrogen-bond donors (Lipinski definition) is 2. The molecule has 1 aliphatic carbocycles. The molecule has 0 saturated carbocycles. The van der Waals surface area contributed by atoms with Crippen molar-refractivity contribution in [2.75, 3.05) is 19.7 Å². The summed E-state index contributed by atoms with van der Waals surface area (Å²) in [5.41, 5.74) is 3.82. The predicted molar refractivity (Wildman–Crippen MR) is 105 cm³/mol. The molecular formula is C22H21N3O4. The minimum absolute atomic E-state index is 0.0161. The average Bonchev–Trinajstić information content (AvgIpc) is 3.20. The van der Waals surface area contributed by atoms with Crippen LogP contribution in [0.2, 0.25) is 0 Å². The Labute approximate surface area is 168 Å². The molecule has 0 radical (unpaired) electrons. The second kappa shape index (κ2) is 6.62. The van der Waals surface area contributed by atoms with E-state index in [1.165, 1.54) is 22.3 Å². The number of ether oxygens (including phenoxy) is 1. The van der Waals surface area contributed by atoms with E-state index in [1.807, 2.05) is 24.3 Å². The lowest BCUT2D eigenvalue weighted by atomic mass is 9.88. The van der Waals surface area contributed by atoms with Crippen LogP contribution in [0.5, 0.6) is 0 Å². The molecule has 2 aliphatic heterocycles. The fourth-order valence-corrected chi connectivity index (χ4v) is 4.64. The topological polar surface area (TPSA) is 87.7 Å². The van der Waals surface area contributed by atoms with Crippen LogP contribution in [-0.4, -0.2) is 48.2 Å². The second-order valence-corrected chi connectivity index (χ2v) is 7.78. The van der Waals surface area contributed by atoms with Crippen LogP contribution in [0.3, 0.4) is 0 Å². The normalized spacial score (nSPS) is 19.5. The number of amides is 4. The first kappa shape index (κ1) is 17.7. The number of carbonyl (C=O) groups is 3. The minimum Gasteiger partial charge on any atom is -0.448 e. The molecule has 148 valence electrons. The van der Waals surface area contributed by atoms with E-state index in [2.05, 4.69) is 34.9 Å². The highest BCUT2D eigenvalue weighted by molar-refractivity contribution is 6.07. The number of urea groups is 1. The molecule has 2 aromatic rings. The van der Waals surface area contributed by atoms with Crippen molar-refractivity contribution >= 4 is 18.0 Å². The smallest absolute Gasteiger partial charge is 0.409 e. The zero-order valence-electron chi connectivity index (χ0n) is 15.8. The molecule has 7 nitrogen and oxygen atoms in total. The number of benzene rings is 2. The number of nitrogens with zero attached hydrogens (tertiary/aromatic N) is 1. The molecule has 0 atom stereocenters. The largest absolute Gasteiger partial charge is 0.448 e. The van der Waals surface area contributed by atoms with Crippen molar-refractivity contribution in [3.05, 3.63) is 59.7 Å². The zero-order valence-corrected chi connectivity index (χ0v) is 15.8. The van der Waals surface area contributed by atoms with E-state index in [1.54, 1.807) is 4.90 Å². The van der Waals surface area contributed by atoms with Crippen LogP contribution in [-0.2, 0) is 9.53 Å². The number of fused-ring (bicyclic) bond motifs is 3. The molecule has 2 heterocycles. The Morgan fingerprint density at radius 3 is 2.14 bits per heavy atom. The molecule has 2 saturated heterocycles. The van der Waals surface area contributed by atoms with E-state index < -0.39 is 11.6 Å². The first-order valence-corrected chi connectivity index (χ1v) is 9.81. The molecule has 7 heteroatoms. The van der Waals surface area contributed by atoms with Gasteiger partial charge in [0.05, 0.1) is 0 Å². The Balaban J connectivity index is 1.25. The van der Waals surface area contributed by atoms with Crippen LogP contribution in [0, 0.1) is 0 Å². The number of carbonyl (C=O) groups excluding carboxylic acids is 3. The molecule has 2 aromatic carbocycles. The lowest BCUT2D eigenvalue weighted by Crippen LogP contribution is -2.55. The Morgan fingerprint density at radius 1 is 1.00 bits per heavy atom. The maximum absolute atomic E-state index is 12.6. The Kier molecular flexibility index (Phi) is 4.04. The van der Waals surface area contributed by atoms with E-state index in [-0.39, 0.29) is 24.5 Å². The van der Waals surface area contributed by atoms with Crippen LogP contribution >= 0.6 is 0 Å². The van der Waals surface area contributed by atoms with Crippen molar-refractivity contribution in [3.8, 4) is 11.1 Å². The van der Waals surface area contributed by atoms with Gasteiger partial charge in [-0.15, -0.1) is 0 Å². The third-order valence-corrected chi connectivity index (χ3v) is 6.23. The highest BCUT2D eigenvalue weighted by atomic mass is 16.6. The molecule has 0 aromatic heterocycles. The number of rotatable bonds is 2. The van der Waals surface area contributed by atoms with Gasteiger partial charge in [0, 0.05) is 19.0 Å². The van der Waals surface area contributed by atoms with Gasteiger partial charge in [-0.2, -0.15) is 0 Å². The first-order chi connectivity index (χ1) is 14.1. The van der Waals surface area contributed by atoms with Gasteiger partial charge in [-0.05, 0) is 35.1 Å². The lowest BCUT2D eigenvalue weighted by Gasteiger charge is -2.36. The minimum atomic E-state index is -0.892. The van der Waals surface area contributed by atoms with E-state index in [9.17, 15) is 14.4 Å². The maximum atomic E-state index is 12.6. The van der Waals surface area contributed by atoms with Crippen LogP contribution in [0.15, 0.2) is 48.5 Å². The number of hydrogen-bond acceptors (Lipinski definition) is 4. The van der Waals surface area contributed by atoms with Crippen molar-refractivity contribution in [2.45, 2.75) is 24.3 Å². The van der Waals surface area contributed by atoms with Crippen molar-refractivity contribution in [2.24, 2.45) is 0 Å². The highest BCUT2D eigenvalue weighted by Gasteiger charge is 2.48. The van der Waals surface area contributed by atoms with Gasteiger partial charge in [-0.25, -0.2) is 9.59 Å². The molecule has 0 bridgehead atoms. The van der Waals surface area contributed by atoms with Crippen LogP contribution in [0.25, 0.3) is 11.1 Å². The average molecular weight is 391 g/mol. The molecule has 0 unspecified atom stereocenters. The summed E-state index contributed by atoms with van der Waals surface area (Å²) in [6.07, 6.45) is 0.384. The van der Waals surface area contributed by atoms with Gasteiger partial charge < -0.3 is 15.0 Å². The van der Waals surface area contributed by atoms with Gasteiger partial charge in [-0.1, -0.05) is 48.5 Å². The summed E-state index contributed by atoms with van der Waals surface area (Å²) in [6.45, 7) is 1.00. The van der Waals surface area contributed by atoms with E-state index >= 15 is 0 Å². The SMILES string of the molecule is O=C1NC(=O)C2(CCN(C(=O)OCC3c4ccccc4-c4ccccc43)CC2)N1. The molecule has 2 fully saturated rings. The van der Waals surface area contributed by atoms with Gasteiger partial charge in [-0.3, -0.25) is 10.1 Å². The van der Waals surface area contributed by atoms with Gasteiger partial charge in [0.15, 0.2) is 0 Å². The summed E-state index contributed by atoms with van der Waals surface area (Å²) in [7, 11) is 0. The van der Waals surface area contributed by atoms with E-state index in [0.29, 0.717) is 25.9 Å². The predicted octanol–water partition coefficient (Wildman–Crippen LogP) is 2.61. The highest BCUT2D eigenvalue weighted by Crippen LogP contribution is 2.44. The van der Waals surface area contributed by atoms with Crippen LogP contribution in [0.1, 0.15) is 29.9 Å². The summed E-state index contributed by atoms with van der Waals surface area (Å²) in [6, 6.07) is 15.9. The molecule has 29 heavy (non-hydrogen) atoms. The summed E-state index contributed by atoms with van der Waals surface area (Å²) in [4.78, 5) is 37.7. The number of piperidine rings is 1. The quantitative estimate of drug-likeness (QED) is 0.771. The monoisotopic (exact) mass is 391 g/mol. The molecule has 2 N–H and O–H groups in total. The number of imide groups is 1. The number of nitrogens with one attached hydrogen (secondary N) is 2. The van der Waals surface area contributed by atoms with E-state index in [0.717, 1.165) is 0 Å². The standard InChI is InChI=1S/C22H21N3O4/c26-19-22(24-20(27)23-19)9-11-25(12-10-22)21(28)29-13-18-16-7-3-1-5-14(16)15-6-2-4-8-17(15)18/h1-8,18H,9-13H2,(H2,23,24,26,27). The van der Waals surface area contributed by atoms with E-state index in [4.69, 9.17) is 4.74 Å². The van der Waals surface area contributed by atoms with Gasteiger partial charge in [0.25, 0.3) is 5.91 Å². The summed E-state index contributed by atoms with van der Waals surface area (Å²) >= 11 is 0. The van der Waals surface area contributed by atoms with Crippen LogP contribution < -0.4 is 10.6 Å². The summed E-state index contributed by atoms with van der Waals surface area (Å²) < 4.78 is 5.68. The fourth-order valence-electron chi connectivity index (χ4n) is 4.64. The fraction of sp³-hybridized carbons (Fsp3) is 0.318. The first-order valence-electron chi connectivity index (χ1n) is 9.81. The third kappa shape index (κ3) is 2.85. The Morgan fingerprint density at radius 2 is 1.59 bits per heavy atom. The van der Waals surface area contributed by atoms with Crippen molar-refractivity contribution < 1.29 is 19.1 Å². The molecule has 4 amide bonds. The van der Waals surface area contributed by atoms with Crippen molar-refractivity contribution in [1.82, 2.24) is 15.5 Å². The van der Waals surface area contributed by atoms with Crippen molar-refractivity contribution in [3.63, 3.8) is 0 Å². The molecular weight excluding hydrogens is 370 g/mol. The Hall–Kier alpha value is -3.35. The van der Waals surface area contributed by atoms with Crippen molar-refractivity contribution in [1.29, 1.82) is 0 Å². The molecule has 5 rings (SSSR count). The van der Waals surface area contributed by atoms with Gasteiger partial charge in [0.2, 0.25) is 0 Å². The lowest BCUT2D eigenvalue weighted by molar-refractivity contribution is -0.125. The number of likely N-dealkylation sites (tertiary alicyclic amines) is 1. The summed E-state index contributed by atoms with van der Waals surface area (Å²) in [5.74, 6) is -0.294. The van der Waals surface area contributed by atoms with Gasteiger partial charge >= 0.3 is 12.1 Å². The second-order valence-electron chi connectivity index (χ2n) is 7.78.